The van der Waals surface area contributed by atoms with Crippen LogP contribution >= 0.6 is 0 Å². The van der Waals surface area contributed by atoms with E-state index in [0.717, 1.165) is 16.8 Å². The molecule has 9 heteroatoms. The van der Waals surface area contributed by atoms with Gasteiger partial charge in [0.2, 0.25) is 0 Å². The maximum atomic E-state index is 12.6. The van der Waals surface area contributed by atoms with Gasteiger partial charge in [0.25, 0.3) is 0 Å². The lowest BCUT2D eigenvalue weighted by atomic mass is 10.2. The molecule has 0 radical (unpaired) electrons. The molecule has 6 nitrogen and oxygen atoms in total. The number of aromatic nitrogens is 3. The fourth-order valence-electron chi connectivity index (χ4n) is 1.66. The lowest BCUT2D eigenvalue weighted by Gasteiger charge is -2.08. The maximum Gasteiger partial charge on any atom is 0.416 e. The number of hydrogen-bond acceptors (Lipinski definition) is 4. The van der Waals surface area contributed by atoms with Crippen LogP contribution in [-0.4, -0.2) is 32.1 Å². The predicted molar refractivity (Wildman–Crippen MR) is 65.7 cm³/mol. The van der Waals surface area contributed by atoms with E-state index in [2.05, 4.69) is 10.3 Å². The first kappa shape index (κ1) is 15.0. The second-order valence-corrected chi connectivity index (χ2v) is 4.35. The fraction of sp³-hybridized carbons (Fsp3) is 0.250. The van der Waals surface area contributed by atoms with Crippen molar-refractivity contribution in [3.63, 3.8) is 0 Å². The average molecular weight is 300 g/mol. The second-order valence-electron chi connectivity index (χ2n) is 4.35. The van der Waals surface area contributed by atoms with Gasteiger partial charge >= 0.3 is 12.1 Å². The van der Waals surface area contributed by atoms with Gasteiger partial charge in [0, 0.05) is 6.42 Å². The number of halogens is 3. The zero-order valence-corrected chi connectivity index (χ0v) is 10.6. The molecule has 21 heavy (non-hydrogen) atoms. The molecule has 0 spiro atoms. The zero-order chi connectivity index (χ0) is 15.6. The molecular formula is C12H11F3N4O2. The maximum absolute atomic E-state index is 12.6. The van der Waals surface area contributed by atoms with Crippen LogP contribution in [0.2, 0.25) is 0 Å². The van der Waals surface area contributed by atoms with Crippen LogP contribution in [0.25, 0.3) is 5.69 Å². The number of hydrogen-bond donors (Lipinski definition) is 2. The molecule has 0 saturated carbocycles. The van der Waals surface area contributed by atoms with Gasteiger partial charge in [-0.1, -0.05) is 11.3 Å². The molecule has 1 aromatic heterocycles. The van der Waals surface area contributed by atoms with Crippen molar-refractivity contribution in [3.05, 3.63) is 41.7 Å². The van der Waals surface area contributed by atoms with Gasteiger partial charge in [-0.15, -0.1) is 5.10 Å². The van der Waals surface area contributed by atoms with E-state index in [1.54, 1.807) is 0 Å². The number of rotatable bonds is 4. The minimum absolute atomic E-state index is 0.0612. The number of benzene rings is 1. The van der Waals surface area contributed by atoms with E-state index in [9.17, 15) is 18.0 Å². The SMILES string of the molecule is NC(Cc1cn(-c2cccc(C(F)(F)F)c2)nn1)C(=O)O. The van der Waals surface area contributed by atoms with E-state index >= 15 is 0 Å². The summed E-state index contributed by atoms with van der Waals surface area (Å²) >= 11 is 0. The van der Waals surface area contributed by atoms with Crippen molar-refractivity contribution in [2.24, 2.45) is 5.73 Å². The highest BCUT2D eigenvalue weighted by Gasteiger charge is 2.30. The van der Waals surface area contributed by atoms with E-state index in [1.165, 1.54) is 18.3 Å². The molecule has 1 heterocycles. The third kappa shape index (κ3) is 3.57. The molecule has 1 atom stereocenters. The van der Waals surface area contributed by atoms with E-state index in [4.69, 9.17) is 10.8 Å². The van der Waals surface area contributed by atoms with Crippen molar-refractivity contribution in [2.45, 2.75) is 18.6 Å². The molecule has 2 aromatic rings. The van der Waals surface area contributed by atoms with Gasteiger partial charge in [-0.25, -0.2) is 4.68 Å². The Hall–Kier alpha value is -2.42. The first-order valence-corrected chi connectivity index (χ1v) is 5.84. The van der Waals surface area contributed by atoms with Gasteiger partial charge in [-0.3, -0.25) is 4.79 Å². The Morgan fingerprint density at radius 2 is 2.14 bits per heavy atom. The second kappa shape index (κ2) is 5.52. The zero-order valence-electron chi connectivity index (χ0n) is 10.6. The van der Waals surface area contributed by atoms with Crippen molar-refractivity contribution in [3.8, 4) is 5.69 Å². The van der Waals surface area contributed by atoms with Gasteiger partial charge < -0.3 is 10.8 Å². The smallest absolute Gasteiger partial charge is 0.416 e. The molecule has 0 saturated heterocycles. The van der Waals surface area contributed by atoms with Crippen LogP contribution in [0.3, 0.4) is 0 Å². The summed E-state index contributed by atoms with van der Waals surface area (Å²) in [6.45, 7) is 0. The Kier molecular flexibility index (Phi) is 3.94. The van der Waals surface area contributed by atoms with Crippen LogP contribution in [0.5, 0.6) is 0 Å². The normalized spacial score (nSPS) is 13.1. The third-order valence-electron chi connectivity index (χ3n) is 2.73. The van der Waals surface area contributed by atoms with E-state index < -0.39 is 23.8 Å². The molecule has 2 rings (SSSR count). The van der Waals surface area contributed by atoms with Crippen LogP contribution in [-0.2, 0) is 17.4 Å². The number of aliphatic carboxylic acids is 1. The summed E-state index contributed by atoms with van der Waals surface area (Å²) in [5.74, 6) is -1.19. The van der Waals surface area contributed by atoms with Crippen molar-refractivity contribution < 1.29 is 23.1 Å². The molecule has 0 aliphatic heterocycles. The Morgan fingerprint density at radius 3 is 2.76 bits per heavy atom. The summed E-state index contributed by atoms with van der Waals surface area (Å²) < 4.78 is 39.0. The van der Waals surface area contributed by atoms with Crippen LogP contribution in [0.1, 0.15) is 11.3 Å². The first-order valence-electron chi connectivity index (χ1n) is 5.84. The molecule has 1 aromatic carbocycles. The summed E-state index contributed by atoms with van der Waals surface area (Å²) in [5, 5.41) is 16.1. The lowest BCUT2D eigenvalue weighted by Crippen LogP contribution is -2.32. The van der Waals surface area contributed by atoms with Gasteiger partial charge in [0.15, 0.2) is 0 Å². The molecule has 3 N–H and O–H groups in total. The van der Waals surface area contributed by atoms with Crippen LogP contribution in [0.15, 0.2) is 30.5 Å². The number of carboxylic acids is 1. The Balaban J connectivity index is 2.24. The molecule has 0 bridgehead atoms. The average Bonchev–Trinajstić information content (AvgIpc) is 2.86. The van der Waals surface area contributed by atoms with Crippen LogP contribution < -0.4 is 5.73 Å². The van der Waals surface area contributed by atoms with Gasteiger partial charge in [-0.2, -0.15) is 13.2 Å². The van der Waals surface area contributed by atoms with Crippen molar-refractivity contribution in [2.75, 3.05) is 0 Å². The molecule has 0 fully saturated rings. The summed E-state index contributed by atoms with van der Waals surface area (Å²) in [6.07, 6.45) is -3.17. The molecule has 0 aliphatic rings. The minimum Gasteiger partial charge on any atom is -0.480 e. The third-order valence-corrected chi connectivity index (χ3v) is 2.73. The summed E-state index contributed by atoms with van der Waals surface area (Å²) in [5.41, 5.74) is 5.00. The highest BCUT2D eigenvalue weighted by molar-refractivity contribution is 5.73. The monoisotopic (exact) mass is 300 g/mol. The number of alkyl halides is 3. The van der Waals surface area contributed by atoms with E-state index in [1.807, 2.05) is 0 Å². The topological polar surface area (TPSA) is 94.0 Å². The molecule has 0 aliphatic carbocycles. The minimum atomic E-state index is -4.45. The van der Waals surface area contributed by atoms with Crippen LogP contribution in [0, 0.1) is 0 Å². The van der Waals surface area contributed by atoms with Gasteiger partial charge in [-0.05, 0) is 18.2 Å². The molecule has 112 valence electrons. The highest BCUT2D eigenvalue weighted by Crippen LogP contribution is 2.30. The molecular weight excluding hydrogens is 289 g/mol. The standard InChI is InChI=1S/C12H11F3N4O2/c13-12(14,15)7-2-1-3-9(4-7)19-6-8(17-18-19)5-10(16)11(20)21/h1-4,6,10H,5,16H2,(H,20,21). The Labute approximate surface area is 117 Å². The van der Waals surface area contributed by atoms with Crippen molar-refractivity contribution in [1.29, 1.82) is 0 Å². The summed E-state index contributed by atoms with van der Waals surface area (Å²) in [7, 11) is 0. The van der Waals surface area contributed by atoms with Crippen LogP contribution in [0.4, 0.5) is 13.2 Å². The highest BCUT2D eigenvalue weighted by atomic mass is 19.4. The van der Waals surface area contributed by atoms with Gasteiger partial charge in [0.1, 0.15) is 6.04 Å². The predicted octanol–water partition coefficient (Wildman–Crippen LogP) is 1.24. The molecule has 0 amide bonds. The Morgan fingerprint density at radius 1 is 1.43 bits per heavy atom. The van der Waals surface area contributed by atoms with E-state index in [0.29, 0.717) is 0 Å². The lowest BCUT2D eigenvalue weighted by molar-refractivity contribution is -0.139. The quantitative estimate of drug-likeness (QED) is 0.886. The fourth-order valence-corrected chi connectivity index (χ4v) is 1.66. The first-order chi connectivity index (χ1) is 9.77. The number of nitrogens with zero attached hydrogens (tertiary/aromatic N) is 3. The van der Waals surface area contributed by atoms with E-state index in [-0.39, 0.29) is 17.8 Å². The number of nitrogens with two attached hydrogens (primary N) is 1. The van der Waals surface area contributed by atoms with Crippen molar-refractivity contribution in [1.82, 2.24) is 15.0 Å². The van der Waals surface area contributed by atoms with Crippen molar-refractivity contribution >= 4 is 5.97 Å². The van der Waals surface area contributed by atoms with Gasteiger partial charge in [0.05, 0.1) is 23.1 Å². The Bertz CT molecular complexity index is 654. The summed E-state index contributed by atoms with van der Waals surface area (Å²) in [4.78, 5) is 10.6. The largest absolute Gasteiger partial charge is 0.480 e. The number of carbonyl (C=O) groups is 1. The number of carboxylic acid groups (broad SMARTS) is 1. The molecule has 1 unspecified atom stereocenters. The summed E-state index contributed by atoms with van der Waals surface area (Å²) in [6, 6.07) is 3.42.